The number of aliphatic hydroxyl groups is 1. The van der Waals surface area contributed by atoms with Crippen molar-refractivity contribution in [1.82, 2.24) is 0 Å². The predicted octanol–water partition coefficient (Wildman–Crippen LogP) is 1.55. The Morgan fingerprint density at radius 1 is 1.08 bits per heavy atom. The average Bonchev–Trinajstić information content (AvgIpc) is 2.04. The molecule has 0 aromatic carbocycles. The molecule has 0 heterocycles. The molecule has 0 aromatic rings. The molecule has 0 saturated heterocycles. The lowest BCUT2D eigenvalue weighted by atomic mass is 10.2. The first-order valence-corrected chi connectivity index (χ1v) is 4.67. The summed E-state index contributed by atoms with van der Waals surface area (Å²) in [5.41, 5.74) is 0. The van der Waals surface area contributed by atoms with Crippen LogP contribution in [0, 0.1) is 0 Å². The molecule has 0 saturated carbocycles. The number of ether oxygens (including phenoxy) is 2. The molecule has 1 atom stereocenters. The zero-order valence-corrected chi connectivity index (χ0v) is 8.25. The summed E-state index contributed by atoms with van der Waals surface area (Å²) in [5, 5.41) is 9.52. The zero-order valence-electron chi connectivity index (χ0n) is 8.25. The molecule has 3 nitrogen and oxygen atoms in total. The summed E-state index contributed by atoms with van der Waals surface area (Å²) in [6.07, 6.45) is 0.734. The quantitative estimate of drug-likeness (QED) is 0.598. The summed E-state index contributed by atoms with van der Waals surface area (Å²) in [6.45, 7) is 6.96. The molecule has 0 aliphatic carbocycles. The summed E-state index contributed by atoms with van der Waals surface area (Å²) < 4.78 is 10.4. The van der Waals surface area contributed by atoms with Crippen molar-refractivity contribution in [2.75, 3.05) is 13.2 Å². The third-order valence-corrected chi connectivity index (χ3v) is 1.56. The van der Waals surface area contributed by atoms with Crippen molar-refractivity contribution in [3.63, 3.8) is 0 Å². The highest BCUT2D eigenvalue weighted by molar-refractivity contribution is 4.58. The molecular formula is C9H20O3. The Morgan fingerprint density at radius 3 is 1.92 bits per heavy atom. The maximum absolute atomic E-state index is 9.52. The van der Waals surface area contributed by atoms with E-state index in [-0.39, 0.29) is 0 Å². The van der Waals surface area contributed by atoms with Gasteiger partial charge in [-0.15, -0.1) is 0 Å². The smallest absolute Gasteiger partial charge is 0.183 e. The second kappa shape index (κ2) is 7.53. The van der Waals surface area contributed by atoms with Crippen LogP contribution in [0.5, 0.6) is 0 Å². The van der Waals surface area contributed by atoms with E-state index in [2.05, 4.69) is 0 Å². The van der Waals surface area contributed by atoms with E-state index in [9.17, 15) is 5.11 Å². The van der Waals surface area contributed by atoms with Crippen LogP contribution >= 0.6 is 0 Å². The number of aliphatic hydroxyl groups excluding tert-OH is 1. The highest BCUT2D eigenvalue weighted by Crippen LogP contribution is 2.07. The van der Waals surface area contributed by atoms with E-state index in [1.807, 2.05) is 20.8 Å². The fourth-order valence-corrected chi connectivity index (χ4v) is 1.03. The van der Waals surface area contributed by atoms with Crippen LogP contribution in [0.25, 0.3) is 0 Å². The Kier molecular flexibility index (Phi) is 7.45. The fraction of sp³-hybridized carbons (Fsp3) is 1.00. The molecule has 1 N–H and O–H groups in total. The van der Waals surface area contributed by atoms with Gasteiger partial charge in [-0.1, -0.05) is 13.3 Å². The normalized spacial score (nSPS) is 13.8. The van der Waals surface area contributed by atoms with Gasteiger partial charge in [0.25, 0.3) is 0 Å². The molecule has 0 radical (unpaired) electrons. The van der Waals surface area contributed by atoms with E-state index >= 15 is 0 Å². The van der Waals surface area contributed by atoms with E-state index in [4.69, 9.17) is 9.47 Å². The minimum atomic E-state index is -0.491. The first-order chi connectivity index (χ1) is 5.76. The van der Waals surface area contributed by atoms with Gasteiger partial charge >= 0.3 is 0 Å². The van der Waals surface area contributed by atoms with Gasteiger partial charge in [0.1, 0.15) is 6.10 Å². The van der Waals surface area contributed by atoms with E-state index in [1.54, 1.807) is 0 Å². The van der Waals surface area contributed by atoms with Gasteiger partial charge in [0.05, 0.1) is 0 Å². The monoisotopic (exact) mass is 176 g/mol. The van der Waals surface area contributed by atoms with E-state index < -0.39 is 12.4 Å². The van der Waals surface area contributed by atoms with Crippen LogP contribution in [0.15, 0.2) is 0 Å². The molecule has 0 aliphatic rings. The summed E-state index contributed by atoms with van der Waals surface area (Å²) in [7, 11) is 0. The van der Waals surface area contributed by atoms with Crippen LogP contribution in [-0.2, 0) is 9.47 Å². The highest BCUT2D eigenvalue weighted by atomic mass is 16.7. The van der Waals surface area contributed by atoms with E-state index in [1.165, 1.54) is 0 Å². The topological polar surface area (TPSA) is 38.7 Å². The molecule has 0 fully saturated rings. The van der Waals surface area contributed by atoms with Gasteiger partial charge < -0.3 is 14.6 Å². The lowest BCUT2D eigenvalue weighted by Crippen LogP contribution is -2.31. The van der Waals surface area contributed by atoms with E-state index in [0.29, 0.717) is 13.2 Å². The van der Waals surface area contributed by atoms with Gasteiger partial charge in [-0.25, -0.2) is 0 Å². The fourth-order valence-electron chi connectivity index (χ4n) is 1.03. The zero-order chi connectivity index (χ0) is 9.40. The van der Waals surface area contributed by atoms with Gasteiger partial charge in [0.2, 0.25) is 0 Å². The third-order valence-electron chi connectivity index (χ3n) is 1.56. The molecule has 0 aromatic heterocycles. The minimum Gasteiger partial charge on any atom is -0.388 e. The van der Waals surface area contributed by atoms with Crippen LogP contribution in [0.4, 0.5) is 0 Å². The summed E-state index contributed by atoms with van der Waals surface area (Å²) in [5.74, 6) is 0. The van der Waals surface area contributed by atoms with Gasteiger partial charge in [-0.3, -0.25) is 0 Å². The lowest BCUT2D eigenvalue weighted by molar-refractivity contribution is -0.190. The highest BCUT2D eigenvalue weighted by Gasteiger charge is 2.17. The van der Waals surface area contributed by atoms with Crippen molar-refractivity contribution in [3.05, 3.63) is 0 Å². The van der Waals surface area contributed by atoms with Crippen molar-refractivity contribution >= 4 is 0 Å². The number of hydrogen-bond acceptors (Lipinski definition) is 3. The number of hydrogen-bond donors (Lipinski definition) is 1. The van der Waals surface area contributed by atoms with Crippen LogP contribution in [0.2, 0.25) is 0 Å². The Hall–Kier alpha value is -0.120. The van der Waals surface area contributed by atoms with Crippen molar-refractivity contribution < 1.29 is 14.6 Å². The predicted molar refractivity (Wildman–Crippen MR) is 48.0 cm³/mol. The van der Waals surface area contributed by atoms with Crippen molar-refractivity contribution in [2.45, 2.75) is 46.0 Å². The van der Waals surface area contributed by atoms with Crippen LogP contribution < -0.4 is 0 Å². The van der Waals surface area contributed by atoms with Crippen LogP contribution in [0.3, 0.4) is 0 Å². The molecule has 12 heavy (non-hydrogen) atoms. The SMILES string of the molecule is CCCC(O)C(OCC)OCC. The molecule has 74 valence electrons. The third kappa shape index (κ3) is 4.70. The van der Waals surface area contributed by atoms with Crippen molar-refractivity contribution in [1.29, 1.82) is 0 Å². The summed E-state index contributed by atoms with van der Waals surface area (Å²) >= 11 is 0. The Labute approximate surface area is 74.7 Å². The molecular weight excluding hydrogens is 156 g/mol. The maximum Gasteiger partial charge on any atom is 0.183 e. The maximum atomic E-state index is 9.52. The van der Waals surface area contributed by atoms with Crippen LogP contribution in [-0.4, -0.2) is 30.7 Å². The molecule has 0 spiro atoms. The van der Waals surface area contributed by atoms with Gasteiger partial charge in [0, 0.05) is 13.2 Å². The van der Waals surface area contributed by atoms with Crippen LogP contribution in [0.1, 0.15) is 33.6 Å². The van der Waals surface area contributed by atoms with Gasteiger partial charge in [-0.2, -0.15) is 0 Å². The minimum absolute atomic E-state index is 0.444. The van der Waals surface area contributed by atoms with Gasteiger partial charge in [0.15, 0.2) is 6.29 Å². The largest absolute Gasteiger partial charge is 0.388 e. The molecule has 0 aliphatic heterocycles. The molecule has 0 rings (SSSR count). The van der Waals surface area contributed by atoms with Crippen molar-refractivity contribution in [3.8, 4) is 0 Å². The number of rotatable bonds is 7. The van der Waals surface area contributed by atoms with Crippen molar-refractivity contribution in [2.24, 2.45) is 0 Å². The Morgan fingerprint density at radius 2 is 1.58 bits per heavy atom. The average molecular weight is 176 g/mol. The standard InChI is InChI=1S/C9H20O3/c1-4-7-8(10)9(11-5-2)12-6-3/h8-10H,4-7H2,1-3H3. The second-order valence-electron chi connectivity index (χ2n) is 2.64. The Balaban J connectivity index is 3.72. The second-order valence-corrected chi connectivity index (χ2v) is 2.64. The molecule has 0 bridgehead atoms. The summed E-state index contributed by atoms with van der Waals surface area (Å²) in [6, 6.07) is 0. The molecule has 3 heteroatoms. The summed E-state index contributed by atoms with van der Waals surface area (Å²) in [4.78, 5) is 0. The first-order valence-electron chi connectivity index (χ1n) is 4.67. The molecule has 0 amide bonds. The Bertz CT molecular complexity index is 89.8. The lowest BCUT2D eigenvalue weighted by Gasteiger charge is -2.21. The first kappa shape index (κ1) is 11.9. The molecule has 1 unspecified atom stereocenters. The van der Waals surface area contributed by atoms with Gasteiger partial charge in [-0.05, 0) is 20.3 Å². The van der Waals surface area contributed by atoms with E-state index in [0.717, 1.165) is 12.8 Å².